The lowest BCUT2D eigenvalue weighted by Crippen LogP contribution is -2.61. The van der Waals surface area contributed by atoms with E-state index < -0.39 is 89.8 Å². The maximum absolute atomic E-state index is 14.1. The van der Waals surface area contributed by atoms with Crippen LogP contribution in [-0.4, -0.2) is 100 Å². The van der Waals surface area contributed by atoms with Crippen molar-refractivity contribution in [2.24, 2.45) is 11.5 Å². The van der Waals surface area contributed by atoms with Crippen molar-refractivity contribution in [3.8, 4) is 0 Å². The number of benzene rings is 2. The van der Waals surface area contributed by atoms with Crippen molar-refractivity contribution < 1.29 is 48.1 Å². The third-order valence-corrected chi connectivity index (χ3v) is 9.28. The minimum atomic E-state index is -1.67. The number of primary amides is 1. The zero-order valence-electron chi connectivity index (χ0n) is 32.9. The summed E-state index contributed by atoms with van der Waals surface area (Å²) < 4.78 is 11.3. The van der Waals surface area contributed by atoms with Crippen LogP contribution in [0.2, 0.25) is 0 Å². The largest absolute Gasteiger partial charge is 0.480 e. The molecule has 1 saturated heterocycles. The van der Waals surface area contributed by atoms with Gasteiger partial charge in [-0.15, -0.1) is 0 Å². The molecule has 17 heteroatoms. The maximum atomic E-state index is 14.1. The highest BCUT2D eigenvalue weighted by Crippen LogP contribution is 2.19. The summed E-state index contributed by atoms with van der Waals surface area (Å²) in [7, 11) is 0. The smallest absolute Gasteiger partial charge is 0.326 e. The van der Waals surface area contributed by atoms with E-state index in [-0.39, 0.29) is 25.7 Å². The molecular weight excluding hydrogens is 750 g/mol. The highest BCUT2D eigenvalue weighted by atomic mass is 16.6. The fourth-order valence-electron chi connectivity index (χ4n) is 6.42. The summed E-state index contributed by atoms with van der Waals surface area (Å²) in [6.07, 6.45) is 2.53. The Hall–Kier alpha value is -5.94. The van der Waals surface area contributed by atoms with Gasteiger partial charge in [0.15, 0.2) is 0 Å². The molecule has 2 aromatic carbocycles. The van der Waals surface area contributed by atoms with Gasteiger partial charge in [0.05, 0.1) is 18.6 Å². The van der Waals surface area contributed by atoms with Gasteiger partial charge >= 0.3 is 11.9 Å². The standard InChI is InChI=1S/C41H53N7O10/c1-41(2,3)58-34(50)16-15-29(37(52)46-30(22-33(43)49)38(53)47-31(40(55)56)21-25-9-8-17-44-23-25)45-39(54)35(32-12-6-7-18-57-32)48-36(51)28(42)20-24-13-14-26-10-4-5-11-27(26)19-24/h4-5,8-11,13-14,17,19,23,28-32,35H,6-7,12,15-16,18,20-22,42H2,1-3H3,(H2,43,49)(H,45,54)(H,46,52)(H,47,53)(H,48,51)(H,55,56)/t28-,29-,30-,31-,32?,35?/m0/s1. The number of hydrogen-bond donors (Lipinski definition) is 7. The molecule has 17 nitrogen and oxygen atoms in total. The van der Waals surface area contributed by atoms with E-state index >= 15 is 0 Å². The average Bonchev–Trinajstić information content (AvgIpc) is 3.17. The Morgan fingerprint density at radius 2 is 1.52 bits per heavy atom. The number of carboxylic acid groups (broad SMARTS) is 1. The Labute approximate surface area is 336 Å². The molecule has 2 heterocycles. The number of ether oxygens (including phenoxy) is 2. The predicted octanol–water partition coefficient (Wildman–Crippen LogP) is 0.938. The Kier molecular flexibility index (Phi) is 16.2. The van der Waals surface area contributed by atoms with Crippen LogP contribution in [0, 0.1) is 0 Å². The molecule has 5 amide bonds. The molecule has 58 heavy (non-hydrogen) atoms. The summed E-state index contributed by atoms with van der Waals surface area (Å²) in [6.45, 7) is 5.29. The number of carbonyl (C=O) groups excluding carboxylic acids is 6. The van der Waals surface area contributed by atoms with Crippen molar-refractivity contribution in [3.05, 3.63) is 78.1 Å². The minimum Gasteiger partial charge on any atom is -0.480 e. The quantitative estimate of drug-likeness (QED) is 0.0835. The van der Waals surface area contributed by atoms with Crippen molar-refractivity contribution in [2.45, 2.75) is 114 Å². The Morgan fingerprint density at radius 1 is 0.828 bits per heavy atom. The summed E-state index contributed by atoms with van der Waals surface area (Å²) in [4.78, 5) is 95.9. The molecule has 312 valence electrons. The summed E-state index contributed by atoms with van der Waals surface area (Å²) in [5.41, 5.74) is 12.2. The number of carbonyl (C=O) groups is 7. The van der Waals surface area contributed by atoms with Gasteiger partial charge in [0.1, 0.15) is 29.8 Å². The number of rotatable bonds is 19. The molecule has 0 spiro atoms. The SMILES string of the molecule is CC(C)(C)OC(=O)CC[C@H](NC(=O)C(NC(=O)[C@@H](N)Cc1ccc2ccccc2c1)C1CCCCO1)C(=O)N[C@@H](CC(N)=O)C(=O)N[C@@H](Cc1cccnc1)C(=O)O. The van der Waals surface area contributed by atoms with Gasteiger partial charge in [0.25, 0.3) is 0 Å². The van der Waals surface area contributed by atoms with Gasteiger partial charge in [-0.05, 0) is 80.8 Å². The van der Waals surface area contributed by atoms with Crippen LogP contribution >= 0.6 is 0 Å². The van der Waals surface area contributed by atoms with Crippen LogP contribution in [0.4, 0.5) is 0 Å². The van der Waals surface area contributed by atoms with E-state index in [1.165, 1.54) is 12.4 Å². The summed E-state index contributed by atoms with van der Waals surface area (Å²) in [6, 6.07) is 9.61. The van der Waals surface area contributed by atoms with Crippen LogP contribution in [0.3, 0.4) is 0 Å². The Bertz CT molecular complexity index is 1930. The monoisotopic (exact) mass is 803 g/mol. The topological polar surface area (TPSA) is 271 Å². The number of esters is 1. The molecule has 1 fully saturated rings. The lowest BCUT2D eigenvalue weighted by molar-refractivity contribution is -0.155. The normalized spacial score (nSPS) is 16.7. The lowest BCUT2D eigenvalue weighted by atomic mass is 9.98. The number of pyridine rings is 1. The van der Waals surface area contributed by atoms with Crippen molar-refractivity contribution in [1.82, 2.24) is 26.3 Å². The highest BCUT2D eigenvalue weighted by molar-refractivity contribution is 5.97. The number of nitrogens with one attached hydrogen (secondary N) is 4. The first-order valence-electron chi connectivity index (χ1n) is 19.2. The molecule has 2 unspecified atom stereocenters. The first kappa shape index (κ1) is 44.8. The number of aliphatic carboxylic acids is 1. The summed E-state index contributed by atoms with van der Waals surface area (Å²) >= 11 is 0. The van der Waals surface area contributed by atoms with Gasteiger partial charge in [-0.25, -0.2) is 4.79 Å². The molecule has 6 atom stereocenters. The van der Waals surface area contributed by atoms with Gasteiger partial charge in [-0.2, -0.15) is 0 Å². The molecule has 1 aliphatic rings. The van der Waals surface area contributed by atoms with Gasteiger partial charge in [0.2, 0.25) is 29.5 Å². The molecule has 0 radical (unpaired) electrons. The number of nitrogens with zero attached hydrogens (tertiary/aromatic N) is 1. The van der Waals surface area contributed by atoms with Crippen molar-refractivity contribution in [1.29, 1.82) is 0 Å². The van der Waals surface area contributed by atoms with Crippen LogP contribution in [-0.2, 0) is 55.9 Å². The molecule has 1 aliphatic heterocycles. The lowest BCUT2D eigenvalue weighted by Gasteiger charge is -2.32. The first-order valence-corrected chi connectivity index (χ1v) is 19.2. The third kappa shape index (κ3) is 14.2. The van der Waals surface area contributed by atoms with Gasteiger partial charge < -0.3 is 47.3 Å². The Morgan fingerprint density at radius 3 is 2.16 bits per heavy atom. The van der Waals surface area contributed by atoms with E-state index in [1.54, 1.807) is 32.9 Å². The molecule has 3 aromatic rings. The van der Waals surface area contributed by atoms with Gasteiger partial charge in [-0.3, -0.25) is 33.8 Å². The van der Waals surface area contributed by atoms with Crippen molar-refractivity contribution in [3.63, 3.8) is 0 Å². The molecule has 4 rings (SSSR count). The fraction of sp³-hybridized carbons (Fsp3) is 0.463. The summed E-state index contributed by atoms with van der Waals surface area (Å²) in [5, 5.41) is 21.8. The van der Waals surface area contributed by atoms with E-state index in [0.717, 1.165) is 22.8 Å². The van der Waals surface area contributed by atoms with Crippen LogP contribution in [0.1, 0.15) is 70.4 Å². The second-order valence-electron chi connectivity index (χ2n) is 15.3. The number of carboxylic acids is 1. The van der Waals surface area contributed by atoms with Crippen molar-refractivity contribution in [2.75, 3.05) is 6.61 Å². The van der Waals surface area contributed by atoms with Gasteiger partial charge in [0, 0.05) is 31.8 Å². The fourth-order valence-corrected chi connectivity index (χ4v) is 6.42. The van der Waals surface area contributed by atoms with E-state index in [1.807, 2.05) is 42.5 Å². The molecule has 0 saturated carbocycles. The predicted molar refractivity (Wildman–Crippen MR) is 211 cm³/mol. The zero-order chi connectivity index (χ0) is 42.4. The highest BCUT2D eigenvalue weighted by Gasteiger charge is 2.37. The van der Waals surface area contributed by atoms with Crippen LogP contribution < -0.4 is 32.7 Å². The summed E-state index contributed by atoms with van der Waals surface area (Å²) in [5.74, 6) is -6.59. The van der Waals surface area contributed by atoms with E-state index in [0.29, 0.717) is 25.0 Å². The number of aromatic nitrogens is 1. The third-order valence-electron chi connectivity index (χ3n) is 9.28. The van der Waals surface area contributed by atoms with E-state index in [2.05, 4.69) is 26.3 Å². The zero-order valence-corrected chi connectivity index (χ0v) is 32.9. The number of nitrogens with two attached hydrogens (primary N) is 2. The number of amides is 5. The van der Waals surface area contributed by atoms with E-state index in [4.69, 9.17) is 20.9 Å². The molecule has 1 aromatic heterocycles. The first-order chi connectivity index (χ1) is 27.5. The molecule has 0 aliphatic carbocycles. The maximum Gasteiger partial charge on any atom is 0.326 e. The number of fused-ring (bicyclic) bond motifs is 1. The molecule has 9 N–H and O–H groups in total. The Balaban J connectivity index is 1.54. The second-order valence-corrected chi connectivity index (χ2v) is 15.3. The van der Waals surface area contributed by atoms with Crippen LogP contribution in [0.15, 0.2) is 67.0 Å². The van der Waals surface area contributed by atoms with Crippen molar-refractivity contribution >= 4 is 52.2 Å². The average molecular weight is 804 g/mol. The minimum absolute atomic E-state index is 0.158. The molecular formula is C41H53N7O10. The van der Waals surface area contributed by atoms with Crippen LogP contribution in [0.5, 0.6) is 0 Å². The second kappa shape index (κ2) is 21.0. The molecule has 0 bridgehead atoms. The van der Waals surface area contributed by atoms with E-state index in [9.17, 15) is 38.7 Å². The van der Waals surface area contributed by atoms with Crippen LogP contribution in [0.25, 0.3) is 10.8 Å². The van der Waals surface area contributed by atoms with Gasteiger partial charge in [-0.1, -0.05) is 48.5 Å². The number of hydrogen-bond acceptors (Lipinski definition) is 11.